The normalized spacial score (nSPS) is 14.4. The van der Waals surface area contributed by atoms with Crippen LogP contribution in [0.4, 0.5) is 5.69 Å². The van der Waals surface area contributed by atoms with Crippen LogP contribution in [-0.4, -0.2) is 35.9 Å². The molecule has 0 aliphatic rings. The summed E-state index contributed by atoms with van der Waals surface area (Å²) < 4.78 is 23.7. The number of carbonyl (C=O) groups is 2. The zero-order valence-corrected chi connectivity index (χ0v) is 11.3. The summed E-state index contributed by atoms with van der Waals surface area (Å²) >= 11 is 0. The van der Waals surface area contributed by atoms with Crippen LogP contribution in [-0.2, 0) is 19.4 Å². The Morgan fingerprint density at radius 1 is 1.11 bits per heavy atom. The maximum Gasteiger partial charge on any atom is 0.321 e. The van der Waals surface area contributed by atoms with E-state index in [1.165, 1.54) is 6.92 Å². The number of carboxylic acids is 1. The van der Waals surface area contributed by atoms with Crippen LogP contribution in [0.1, 0.15) is 13.8 Å². The molecular weight excluding hydrogens is 270 g/mol. The summed E-state index contributed by atoms with van der Waals surface area (Å²) in [4.78, 5) is 22.5. The molecule has 7 heteroatoms. The topological polar surface area (TPSA) is 101 Å². The number of aliphatic carboxylic acids is 1. The van der Waals surface area contributed by atoms with Crippen LogP contribution in [0, 0.1) is 0 Å². The van der Waals surface area contributed by atoms with Crippen LogP contribution in [0.3, 0.4) is 0 Å². The Balaban J connectivity index is 2.86. The Hall–Kier alpha value is -1.89. The van der Waals surface area contributed by atoms with Crippen molar-refractivity contribution in [2.75, 3.05) is 5.32 Å². The van der Waals surface area contributed by atoms with E-state index in [1.54, 1.807) is 30.3 Å². The van der Waals surface area contributed by atoms with Crippen LogP contribution >= 0.6 is 0 Å². The Labute approximate surface area is 111 Å². The van der Waals surface area contributed by atoms with E-state index in [2.05, 4.69) is 5.32 Å². The lowest BCUT2D eigenvalue weighted by Crippen LogP contribution is -2.40. The van der Waals surface area contributed by atoms with Gasteiger partial charge in [0, 0.05) is 5.69 Å². The highest BCUT2D eigenvalue weighted by Gasteiger charge is 2.37. The number of benzene rings is 1. The number of hydrogen-bond acceptors (Lipinski definition) is 4. The highest BCUT2D eigenvalue weighted by molar-refractivity contribution is 7.94. The van der Waals surface area contributed by atoms with Gasteiger partial charge in [-0.2, -0.15) is 0 Å². The van der Waals surface area contributed by atoms with Crippen molar-refractivity contribution in [1.82, 2.24) is 0 Å². The first-order chi connectivity index (χ1) is 8.76. The van der Waals surface area contributed by atoms with Gasteiger partial charge < -0.3 is 10.4 Å². The minimum atomic E-state index is -4.07. The predicted molar refractivity (Wildman–Crippen MR) is 70.6 cm³/mol. The van der Waals surface area contributed by atoms with Crippen molar-refractivity contribution >= 4 is 27.4 Å². The monoisotopic (exact) mass is 285 g/mol. The van der Waals surface area contributed by atoms with E-state index >= 15 is 0 Å². The molecule has 0 heterocycles. The molecule has 2 atom stereocenters. The molecule has 1 aromatic carbocycles. The molecule has 1 rings (SSSR count). The van der Waals surface area contributed by atoms with Crippen LogP contribution in [0.25, 0.3) is 0 Å². The Kier molecular flexibility index (Phi) is 4.66. The van der Waals surface area contributed by atoms with Gasteiger partial charge in [-0.3, -0.25) is 9.59 Å². The smallest absolute Gasteiger partial charge is 0.321 e. The molecule has 0 aliphatic heterocycles. The standard InChI is InChI=1S/C12H15NO5S/c1-8(19(17,18)9(2)12(15)16)11(14)13-10-6-4-3-5-7-10/h3-9H,1-2H3,(H,13,14)(H,15,16). The molecule has 19 heavy (non-hydrogen) atoms. The molecule has 0 spiro atoms. The van der Waals surface area contributed by atoms with Crippen LogP contribution in [0.2, 0.25) is 0 Å². The van der Waals surface area contributed by atoms with E-state index in [4.69, 9.17) is 5.11 Å². The summed E-state index contributed by atoms with van der Waals surface area (Å²) in [6.45, 7) is 2.22. The molecule has 0 saturated carbocycles. The minimum Gasteiger partial charge on any atom is -0.480 e. The van der Waals surface area contributed by atoms with Gasteiger partial charge in [-0.1, -0.05) is 18.2 Å². The fourth-order valence-corrected chi connectivity index (χ4v) is 2.61. The molecule has 0 aliphatic carbocycles. The van der Waals surface area contributed by atoms with Crippen molar-refractivity contribution in [3.05, 3.63) is 30.3 Å². The molecule has 2 unspecified atom stereocenters. The molecule has 0 saturated heterocycles. The molecule has 0 aromatic heterocycles. The highest BCUT2D eigenvalue weighted by Crippen LogP contribution is 2.13. The van der Waals surface area contributed by atoms with Gasteiger partial charge in [-0.05, 0) is 26.0 Å². The molecule has 1 amide bonds. The Morgan fingerprint density at radius 3 is 2.11 bits per heavy atom. The molecule has 104 valence electrons. The molecule has 0 fully saturated rings. The summed E-state index contributed by atoms with van der Waals surface area (Å²) in [6.07, 6.45) is 0. The van der Waals surface area contributed by atoms with Crippen molar-refractivity contribution in [1.29, 1.82) is 0 Å². The van der Waals surface area contributed by atoms with E-state index < -0.39 is 32.2 Å². The molecular formula is C12H15NO5S. The van der Waals surface area contributed by atoms with Crippen molar-refractivity contribution in [3.8, 4) is 0 Å². The SMILES string of the molecule is CC(C(=O)O)S(=O)(=O)C(C)C(=O)Nc1ccccc1. The third kappa shape index (κ3) is 3.54. The van der Waals surface area contributed by atoms with Gasteiger partial charge in [0.05, 0.1) is 0 Å². The lowest BCUT2D eigenvalue weighted by atomic mass is 10.3. The number of rotatable bonds is 5. The van der Waals surface area contributed by atoms with E-state index in [9.17, 15) is 18.0 Å². The Bertz CT molecular complexity index is 567. The second-order valence-corrected chi connectivity index (χ2v) is 6.66. The lowest BCUT2D eigenvalue weighted by Gasteiger charge is -2.15. The van der Waals surface area contributed by atoms with Gasteiger partial charge in [0.25, 0.3) is 0 Å². The first-order valence-electron chi connectivity index (χ1n) is 5.58. The van der Waals surface area contributed by atoms with Gasteiger partial charge >= 0.3 is 5.97 Å². The average Bonchev–Trinajstić information content (AvgIpc) is 2.37. The predicted octanol–water partition coefficient (Wildman–Crippen LogP) is 0.901. The van der Waals surface area contributed by atoms with Crippen molar-refractivity contribution in [3.63, 3.8) is 0 Å². The number of hydrogen-bond donors (Lipinski definition) is 2. The van der Waals surface area contributed by atoms with E-state index in [1.807, 2.05) is 0 Å². The molecule has 1 aromatic rings. The number of carboxylic acid groups (broad SMARTS) is 1. The van der Waals surface area contributed by atoms with Gasteiger partial charge in [0.2, 0.25) is 5.91 Å². The van der Waals surface area contributed by atoms with Gasteiger partial charge in [-0.15, -0.1) is 0 Å². The molecule has 0 bridgehead atoms. The summed E-state index contributed by atoms with van der Waals surface area (Å²) in [6, 6.07) is 8.35. The van der Waals surface area contributed by atoms with E-state index in [-0.39, 0.29) is 0 Å². The van der Waals surface area contributed by atoms with Crippen LogP contribution in [0.15, 0.2) is 30.3 Å². The zero-order chi connectivity index (χ0) is 14.6. The summed E-state index contributed by atoms with van der Waals surface area (Å²) in [5.41, 5.74) is 0.456. The lowest BCUT2D eigenvalue weighted by molar-refractivity contribution is -0.136. The second-order valence-electron chi connectivity index (χ2n) is 4.07. The summed E-state index contributed by atoms with van der Waals surface area (Å²) in [5.74, 6) is -2.22. The summed E-state index contributed by atoms with van der Waals surface area (Å²) in [5, 5.41) is 8.10. The van der Waals surface area contributed by atoms with Crippen LogP contribution in [0.5, 0.6) is 0 Å². The van der Waals surface area contributed by atoms with Crippen molar-refractivity contribution in [2.24, 2.45) is 0 Å². The number of anilines is 1. The van der Waals surface area contributed by atoms with Gasteiger partial charge in [0.1, 0.15) is 5.25 Å². The number of nitrogens with one attached hydrogen (secondary N) is 1. The number of para-hydroxylation sites is 1. The highest BCUT2D eigenvalue weighted by atomic mass is 32.2. The number of amides is 1. The largest absolute Gasteiger partial charge is 0.480 e. The second kappa shape index (κ2) is 5.83. The van der Waals surface area contributed by atoms with E-state index in [0.29, 0.717) is 5.69 Å². The maximum absolute atomic E-state index is 11.9. The third-order valence-corrected chi connectivity index (χ3v) is 5.13. The minimum absolute atomic E-state index is 0.456. The molecule has 0 radical (unpaired) electrons. The van der Waals surface area contributed by atoms with Gasteiger partial charge in [0.15, 0.2) is 15.1 Å². The molecule has 2 N–H and O–H groups in total. The van der Waals surface area contributed by atoms with Crippen molar-refractivity contribution in [2.45, 2.75) is 24.3 Å². The average molecular weight is 285 g/mol. The van der Waals surface area contributed by atoms with Crippen molar-refractivity contribution < 1.29 is 23.1 Å². The number of sulfone groups is 1. The Morgan fingerprint density at radius 2 is 1.63 bits per heavy atom. The van der Waals surface area contributed by atoms with E-state index in [0.717, 1.165) is 6.92 Å². The first-order valence-corrected chi connectivity index (χ1v) is 7.19. The van der Waals surface area contributed by atoms with Gasteiger partial charge in [-0.25, -0.2) is 8.42 Å². The third-order valence-electron chi connectivity index (χ3n) is 2.74. The summed E-state index contributed by atoms with van der Waals surface area (Å²) in [7, 11) is -4.07. The maximum atomic E-state index is 11.9. The first kappa shape index (κ1) is 15.2. The number of carbonyl (C=O) groups excluding carboxylic acids is 1. The zero-order valence-electron chi connectivity index (χ0n) is 10.5. The fourth-order valence-electron chi connectivity index (χ4n) is 1.36. The fraction of sp³-hybridized carbons (Fsp3) is 0.333. The van der Waals surface area contributed by atoms with Crippen LogP contribution < -0.4 is 5.32 Å². The molecule has 6 nitrogen and oxygen atoms in total. The quantitative estimate of drug-likeness (QED) is 0.837.